The largest absolute Gasteiger partial charge is 0.413 e. The number of thiophene rings is 1. The molecule has 0 spiro atoms. The molecule has 0 aliphatic rings. The number of carbonyl (C=O) groups excluding carboxylic acids is 1. The number of ether oxygens (including phenoxy) is 1. The van der Waals surface area contributed by atoms with Crippen molar-refractivity contribution in [2.75, 3.05) is 5.73 Å². The number of carbonyl (C=O) groups is 1. The van der Waals surface area contributed by atoms with E-state index in [1.807, 2.05) is 0 Å². The van der Waals surface area contributed by atoms with Crippen LogP contribution in [0.1, 0.15) is 6.92 Å². The molecule has 0 saturated heterocycles. The van der Waals surface area contributed by atoms with Crippen molar-refractivity contribution in [1.29, 1.82) is 0 Å². The van der Waals surface area contributed by atoms with Crippen molar-refractivity contribution in [2.24, 2.45) is 0 Å². The molecule has 0 fully saturated rings. The number of hydrogen-bond donors (Lipinski definition) is 1. The lowest BCUT2D eigenvalue weighted by molar-refractivity contribution is -0.131. The van der Waals surface area contributed by atoms with Crippen LogP contribution in [0.25, 0.3) is 10.2 Å². The first kappa shape index (κ1) is 10.2. The van der Waals surface area contributed by atoms with Gasteiger partial charge in [-0.3, -0.25) is 9.78 Å². The number of halogens is 1. The van der Waals surface area contributed by atoms with Gasteiger partial charge < -0.3 is 10.5 Å². The number of hydrogen-bond acceptors (Lipinski definition) is 5. The molecule has 0 unspecified atom stereocenters. The van der Waals surface area contributed by atoms with Crippen molar-refractivity contribution in [1.82, 2.24) is 4.98 Å². The zero-order chi connectivity index (χ0) is 11.0. The Hall–Kier alpha value is -1.33. The van der Waals surface area contributed by atoms with Gasteiger partial charge in [-0.1, -0.05) is 22.9 Å². The maximum absolute atomic E-state index is 10.8. The maximum Gasteiger partial charge on any atom is 0.308 e. The van der Waals surface area contributed by atoms with Crippen LogP contribution in [0.4, 0.5) is 5.69 Å². The topological polar surface area (TPSA) is 65.2 Å². The Morgan fingerprint density at radius 2 is 2.40 bits per heavy atom. The van der Waals surface area contributed by atoms with Gasteiger partial charge in [0, 0.05) is 13.1 Å². The van der Waals surface area contributed by atoms with Gasteiger partial charge in [-0.15, -0.1) is 0 Å². The number of anilines is 1. The highest BCUT2D eigenvalue weighted by atomic mass is 35.5. The second-order valence-corrected chi connectivity index (χ2v) is 4.26. The summed E-state index contributed by atoms with van der Waals surface area (Å²) in [6.07, 6.45) is 1.56. The molecule has 2 rings (SSSR count). The van der Waals surface area contributed by atoms with E-state index in [-0.39, 0.29) is 0 Å². The third-order valence-electron chi connectivity index (χ3n) is 1.76. The van der Waals surface area contributed by atoms with Crippen LogP contribution in [0.3, 0.4) is 0 Å². The molecule has 0 aliphatic heterocycles. The van der Waals surface area contributed by atoms with Gasteiger partial charge in [0.05, 0.1) is 9.72 Å². The highest BCUT2D eigenvalue weighted by molar-refractivity contribution is 7.22. The quantitative estimate of drug-likeness (QED) is 0.780. The minimum atomic E-state index is -0.413. The maximum atomic E-state index is 10.8. The highest BCUT2D eigenvalue weighted by Gasteiger charge is 2.15. The summed E-state index contributed by atoms with van der Waals surface area (Å²) in [6, 6.07) is 1.66. The van der Waals surface area contributed by atoms with Gasteiger partial charge in [0.2, 0.25) is 5.06 Å². The molecular weight excluding hydrogens is 236 g/mol. The van der Waals surface area contributed by atoms with Gasteiger partial charge >= 0.3 is 5.97 Å². The Morgan fingerprint density at radius 3 is 3.00 bits per heavy atom. The third kappa shape index (κ3) is 1.75. The predicted molar refractivity (Wildman–Crippen MR) is 60.4 cm³/mol. The number of esters is 1. The molecule has 0 atom stereocenters. The molecule has 0 aliphatic carbocycles. The van der Waals surface area contributed by atoms with E-state index in [1.54, 1.807) is 12.3 Å². The average molecular weight is 243 g/mol. The van der Waals surface area contributed by atoms with Crippen molar-refractivity contribution in [3.63, 3.8) is 0 Å². The second-order valence-electron chi connectivity index (χ2n) is 2.87. The van der Waals surface area contributed by atoms with Crippen LogP contribution in [-0.4, -0.2) is 11.0 Å². The average Bonchev–Trinajstić information content (AvgIpc) is 2.46. The highest BCUT2D eigenvalue weighted by Crippen LogP contribution is 2.41. The van der Waals surface area contributed by atoms with Crippen LogP contribution in [0, 0.1) is 0 Å². The van der Waals surface area contributed by atoms with Gasteiger partial charge in [0.15, 0.2) is 0 Å². The molecule has 2 aromatic heterocycles. The number of pyridine rings is 1. The van der Waals surface area contributed by atoms with Crippen LogP contribution in [0.2, 0.25) is 5.02 Å². The number of nitrogens with zero attached hydrogens (tertiary/aromatic N) is 1. The zero-order valence-corrected chi connectivity index (χ0v) is 9.35. The van der Waals surface area contributed by atoms with E-state index in [9.17, 15) is 4.79 Å². The second kappa shape index (κ2) is 3.67. The van der Waals surface area contributed by atoms with E-state index in [4.69, 9.17) is 22.1 Å². The van der Waals surface area contributed by atoms with Gasteiger partial charge in [-0.05, 0) is 6.07 Å². The standard InChI is InChI=1S/C9H7ClN2O2S/c1-4(13)14-9-6(11)7-8(15-9)5(10)2-3-12-7/h2-3H,11H2,1H3. The Kier molecular flexibility index (Phi) is 2.50. The summed E-state index contributed by atoms with van der Waals surface area (Å²) in [5.74, 6) is -0.413. The monoisotopic (exact) mass is 242 g/mol. The SMILES string of the molecule is CC(=O)Oc1sc2c(Cl)ccnc2c1N. The molecule has 15 heavy (non-hydrogen) atoms. The lowest BCUT2D eigenvalue weighted by atomic mass is 10.3. The first-order valence-electron chi connectivity index (χ1n) is 4.10. The molecule has 0 amide bonds. The van der Waals surface area contributed by atoms with Crippen molar-refractivity contribution < 1.29 is 9.53 Å². The molecule has 0 radical (unpaired) electrons. The van der Waals surface area contributed by atoms with E-state index in [2.05, 4.69) is 4.98 Å². The molecule has 0 bridgehead atoms. The molecule has 2 aromatic rings. The fourth-order valence-electron chi connectivity index (χ4n) is 1.16. The lowest BCUT2D eigenvalue weighted by Crippen LogP contribution is -2.01. The summed E-state index contributed by atoms with van der Waals surface area (Å²) in [7, 11) is 0. The van der Waals surface area contributed by atoms with Crippen molar-refractivity contribution in [3.8, 4) is 5.06 Å². The van der Waals surface area contributed by atoms with E-state index in [1.165, 1.54) is 18.3 Å². The Morgan fingerprint density at radius 1 is 1.67 bits per heavy atom. The number of rotatable bonds is 1. The van der Waals surface area contributed by atoms with Crippen molar-refractivity contribution in [3.05, 3.63) is 17.3 Å². The molecule has 0 aromatic carbocycles. The lowest BCUT2D eigenvalue weighted by Gasteiger charge is -1.96. The molecule has 78 valence electrons. The summed E-state index contributed by atoms with van der Waals surface area (Å²) < 4.78 is 5.67. The van der Waals surface area contributed by atoms with Crippen LogP contribution >= 0.6 is 22.9 Å². The minimum absolute atomic E-state index is 0.345. The number of fused-ring (bicyclic) bond motifs is 1. The molecular formula is C9H7ClN2O2S. The Labute approximate surface area is 94.6 Å². The van der Waals surface area contributed by atoms with E-state index in [0.29, 0.717) is 21.3 Å². The number of nitrogens with two attached hydrogens (primary N) is 1. The molecule has 2 heterocycles. The molecule has 0 saturated carbocycles. The van der Waals surface area contributed by atoms with Crippen molar-refractivity contribution >= 4 is 44.8 Å². The van der Waals surface area contributed by atoms with Gasteiger partial charge in [-0.2, -0.15) is 0 Å². The smallest absolute Gasteiger partial charge is 0.308 e. The number of aromatic nitrogens is 1. The summed E-state index contributed by atoms with van der Waals surface area (Å²) in [4.78, 5) is 14.9. The first-order valence-corrected chi connectivity index (χ1v) is 5.30. The normalized spacial score (nSPS) is 10.5. The van der Waals surface area contributed by atoms with Crippen molar-refractivity contribution in [2.45, 2.75) is 6.92 Å². The van der Waals surface area contributed by atoms with Gasteiger partial charge in [0.1, 0.15) is 11.2 Å². The molecule has 4 nitrogen and oxygen atoms in total. The Balaban J connectivity index is 2.64. The summed E-state index contributed by atoms with van der Waals surface area (Å²) in [5.41, 5.74) is 6.70. The van der Waals surface area contributed by atoms with Crippen LogP contribution in [0.5, 0.6) is 5.06 Å². The number of nitrogen functional groups attached to an aromatic ring is 1. The van der Waals surface area contributed by atoms with Gasteiger partial charge in [-0.25, -0.2) is 0 Å². The zero-order valence-electron chi connectivity index (χ0n) is 7.78. The van der Waals surface area contributed by atoms with Crippen LogP contribution in [0.15, 0.2) is 12.3 Å². The summed E-state index contributed by atoms with van der Waals surface area (Å²) in [5, 5.41) is 0.896. The van der Waals surface area contributed by atoms with Crippen LogP contribution in [-0.2, 0) is 4.79 Å². The first-order chi connectivity index (χ1) is 7.09. The van der Waals surface area contributed by atoms with Gasteiger partial charge in [0.25, 0.3) is 0 Å². The molecule has 6 heteroatoms. The minimum Gasteiger partial charge on any atom is -0.413 e. The molecule has 2 N–H and O–H groups in total. The summed E-state index contributed by atoms with van der Waals surface area (Å²) in [6.45, 7) is 1.32. The fourth-order valence-corrected chi connectivity index (χ4v) is 2.40. The third-order valence-corrected chi connectivity index (χ3v) is 3.30. The van der Waals surface area contributed by atoms with E-state index < -0.39 is 5.97 Å². The van der Waals surface area contributed by atoms with Crippen LogP contribution < -0.4 is 10.5 Å². The van der Waals surface area contributed by atoms with E-state index >= 15 is 0 Å². The van der Waals surface area contributed by atoms with E-state index in [0.717, 1.165) is 4.70 Å². The predicted octanol–water partition coefficient (Wildman–Crippen LogP) is 2.46. The fraction of sp³-hybridized carbons (Fsp3) is 0.111. The summed E-state index contributed by atoms with van der Waals surface area (Å²) >= 11 is 7.17. The Bertz CT molecular complexity index is 538.